The quantitative estimate of drug-likeness (QED) is 0.0765. The fourth-order valence-electron chi connectivity index (χ4n) is 4.34. The van der Waals surface area contributed by atoms with E-state index < -0.39 is 62.1 Å². The van der Waals surface area contributed by atoms with Crippen LogP contribution in [-0.4, -0.2) is 118 Å². The van der Waals surface area contributed by atoms with Gasteiger partial charge in [-0.25, -0.2) is 33.7 Å². The van der Waals surface area contributed by atoms with Gasteiger partial charge >= 0.3 is 22.0 Å². The van der Waals surface area contributed by atoms with Crippen molar-refractivity contribution in [2.24, 2.45) is 0 Å². The molecule has 0 rings (SSSR count). The molecule has 0 amide bonds. The molecule has 0 aromatic carbocycles. The van der Waals surface area contributed by atoms with Gasteiger partial charge in [-0.1, -0.05) is 80.1 Å². The molecule has 0 aromatic rings. The molecular formula is C30H60F12N4O8S4. The molecule has 356 valence electrons. The first kappa shape index (κ1) is 63.4. The number of hydrogen-bond acceptors (Lipinski definition) is 8. The van der Waals surface area contributed by atoms with Gasteiger partial charge in [-0.05, 0) is 38.5 Å². The summed E-state index contributed by atoms with van der Waals surface area (Å²) in [4.78, 5) is 0. The highest BCUT2D eigenvalue weighted by Gasteiger charge is 2.48. The van der Waals surface area contributed by atoms with Crippen LogP contribution in [-0.2, 0) is 40.1 Å². The first-order valence-corrected chi connectivity index (χ1v) is 23.9. The van der Waals surface area contributed by atoms with E-state index in [0.717, 1.165) is 8.25 Å². The van der Waals surface area contributed by atoms with Gasteiger partial charge in [0, 0.05) is 0 Å². The summed E-state index contributed by atoms with van der Waals surface area (Å²) in [7, 11) is -22.0. The van der Waals surface area contributed by atoms with Crippen LogP contribution in [0.3, 0.4) is 0 Å². The predicted molar refractivity (Wildman–Crippen MR) is 198 cm³/mol. The fourth-order valence-corrected chi connectivity index (χ4v) is 7.76. The van der Waals surface area contributed by atoms with Gasteiger partial charge in [-0.2, -0.15) is 52.7 Å². The number of alkyl halides is 12. The van der Waals surface area contributed by atoms with Crippen molar-refractivity contribution in [3.63, 3.8) is 0 Å². The molecule has 0 saturated heterocycles. The van der Waals surface area contributed by atoms with Gasteiger partial charge in [-0.15, -0.1) is 0 Å². The molecule has 28 heteroatoms. The molecule has 0 aliphatic carbocycles. The maximum absolute atomic E-state index is 11.4. The third-order valence-electron chi connectivity index (χ3n) is 7.87. The summed E-state index contributed by atoms with van der Waals surface area (Å²) in [6.07, 6.45) is 16.4. The summed E-state index contributed by atoms with van der Waals surface area (Å²) >= 11 is 0. The number of nitrogens with zero attached hydrogens (tertiary/aromatic N) is 4. The number of halogens is 12. The average Bonchev–Trinajstić information content (AvgIpc) is 3.04. The van der Waals surface area contributed by atoms with Gasteiger partial charge in [0.1, 0.15) is 0 Å². The smallest absolute Gasteiger partial charge is 0.421 e. The molecule has 0 radical (unpaired) electrons. The highest BCUT2D eigenvalue weighted by Crippen LogP contribution is 2.37. The SMILES string of the molecule is CCCC[N+](C)(CCCC)CCCC.CCCC[N+](C)(CCCC)CCCC.O=S(=O)([N-]S(=O)(=O)C(F)(F)F)C(F)(F)F.O=S(=O)([N-]S(=O)(=O)C(F)(F)F)C(F)(F)F. The Morgan fingerprint density at radius 3 is 0.534 bits per heavy atom. The van der Waals surface area contributed by atoms with Crippen molar-refractivity contribution in [1.29, 1.82) is 0 Å². The van der Waals surface area contributed by atoms with Crippen molar-refractivity contribution in [3.8, 4) is 0 Å². The van der Waals surface area contributed by atoms with Crippen LogP contribution in [0.25, 0.3) is 8.25 Å². The summed E-state index contributed by atoms with van der Waals surface area (Å²) in [5.41, 5.74) is -24.8. The van der Waals surface area contributed by atoms with Crippen LogP contribution in [0.5, 0.6) is 0 Å². The summed E-state index contributed by atoms with van der Waals surface area (Å²) in [5, 5.41) is 0. The van der Waals surface area contributed by atoms with Crippen LogP contribution in [0.1, 0.15) is 119 Å². The minimum absolute atomic E-state index is 0.778. The van der Waals surface area contributed by atoms with Gasteiger partial charge < -0.3 is 17.2 Å². The highest BCUT2D eigenvalue weighted by atomic mass is 32.3. The minimum atomic E-state index is -6.72. The molecule has 58 heavy (non-hydrogen) atoms. The van der Waals surface area contributed by atoms with E-state index >= 15 is 0 Å². The summed E-state index contributed by atoms with van der Waals surface area (Å²) in [5.74, 6) is 0. The summed E-state index contributed by atoms with van der Waals surface area (Å²) in [6.45, 7) is 22.1. The summed E-state index contributed by atoms with van der Waals surface area (Å²) in [6, 6.07) is 0. The minimum Gasteiger partial charge on any atom is -0.421 e. The van der Waals surface area contributed by atoms with Crippen LogP contribution in [0, 0.1) is 0 Å². The second-order valence-electron chi connectivity index (χ2n) is 13.5. The number of quaternary nitrogens is 2. The maximum atomic E-state index is 11.4. The lowest BCUT2D eigenvalue weighted by molar-refractivity contribution is -0.910. The van der Waals surface area contributed by atoms with E-state index in [1.54, 1.807) is 0 Å². The largest absolute Gasteiger partial charge is 0.480 e. The third kappa shape index (κ3) is 26.9. The van der Waals surface area contributed by atoms with Gasteiger partial charge in [0.2, 0.25) is 0 Å². The fraction of sp³-hybridized carbons (Fsp3) is 1.00. The van der Waals surface area contributed by atoms with E-state index in [9.17, 15) is 86.4 Å². The Balaban J connectivity index is -0.000000335. The monoisotopic (exact) mass is 960 g/mol. The Bertz CT molecular complexity index is 1310. The lowest BCUT2D eigenvalue weighted by Gasteiger charge is -2.34. The second kappa shape index (κ2) is 27.0. The Kier molecular flexibility index (Phi) is 29.5. The number of hydrogen-bond donors (Lipinski definition) is 0. The Morgan fingerprint density at radius 2 is 0.448 bits per heavy atom. The van der Waals surface area contributed by atoms with Gasteiger partial charge in [0.25, 0.3) is 0 Å². The Morgan fingerprint density at radius 1 is 0.328 bits per heavy atom. The molecule has 0 aliphatic heterocycles. The zero-order chi connectivity index (χ0) is 47.1. The van der Waals surface area contributed by atoms with E-state index in [-0.39, 0.29) is 0 Å². The predicted octanol–water partition coefficient (Wildman–Crippen LogP) is 9.79. The van der Waals surface area contributed by atoms with E-state index in [1.165, 1.54) is 125 Å². The molecule has 0 unspecified atom stereocenters. The first-order chi connectivity index (χ1) is 25.8. The Hall–Kier alpha value is -1.20. The summed E-state index contributed by atoms with van der Waals surface area (Å²) < 4.78 is 221. The van der Waals surface area contributed by atoms with E-state index in [4.69, 9.17) is 0 Å². The lowest BCUT2D eigenvalue weighted by atomic mass is 10.2. The van der Waals surface area contributed by atoms with Crippen molar-refractivity contribution in [1.82, 2.24) is 0 Å². The van der Waals surface area contributed by atoms with Crippen molar-refractivity contribution in [2.75, 3.05) is 53.4 Å². The molecule has 0 aromatic heterocycles. The van der Waals surface area contributed by atoms with Gasteiger partial charge in [0.05, 0.1) is 53.4 Å². The number of rotatable bonds is 22. The molecule has 0 spiro atoms. The van der Waals surface area contributed by atoms with Crippen LogP contribution < -0.4 is 0 Å². The van der Waals surface area contributed by atoms with Crippen molar-refractivity contribution < 1.29 is 95.3 Å². The first-order valence-electron chi connectivity index (χ1n) is 18.2. The Labute approximate surface area is 336 Å². The van der Waals surface area contributed by atoms with Crippen LogP contribution >= 0.6 is 0 Å². The van der Waals surface area contributed by atoms with Crippen molar-refractivity contribution >= 4 is 40.1 Å². The molecule has 0 aliphatic rings. The number of sulfonamides is 4. The van der Waals surface area contributed by atoms with E-state index in [1.807, 2.05) is 0 Å². The van der Waals surface area contributed by atoms with Gasteiger partial charge in [-0.3, -0.25) is 0 Å². The molecule has 0 N–H and O–H groups in total. The molecule has 0 bridgehead atoms. The second-order valence-corrected chi connectivity index (χ2v) is 20.4. The zero-order valence-electron chi connectivity index (χ0n) is 34.0. The standard InChI is InChI=1S/2C13H30N.2C2F6NO4S2/c2*1-5-8-11-14(4,12-9-6-2)13-10-7-3;2*3-1(4,5)14(10,11)9-15(12,13)2(6,7)8/h2*5-13H2,1-4H3;;/q2*+1;2*-1. The lowest BCUT2D eigenvalue weighted by Crippen LogP contribution is -2.46. The topological polar surface area (TPSA) is 165 Å². The van der Waals surface area contributed by atoms with Gasteiger partial charge in [0.15, 0.2) is 40.1 Å². The molecule has 12 nitrogen and oxygen atoms in total. The normalized spacial score (nSPS) is 13.7. The van der Waals surface area contributed by atoms with Crippen LogP contribution in [0.2, 0.25) is 0 Å². The number of unbranched alkanes of at least 4 members (excludes halogenated alkanes) is 6. The maximum Gasteiger partial charge on any atom is 0.480 e. The van der Waals surface area contributed by atoms with Crippen molar-refractivity contribution in [3.05, 3.63) is 8.25 Å². The molecule has 0 heterocycles. The molecule has 0 atom stereocenters. The van der Waals surface area contributed by atoms with Crippen molar-refractivity contribution in [2.45, 2.75) is 141 Å². The molecule has 0 saturated carbocycles. The highest BCUT2D eigenvalue weighted by molar-refractivity contribution is 8.13. The third-order valence-corrected chi connectivity index (χ3v) is 13.4. The molecular weight excluding hydrogens is 901 g/mol. The zero-order valence-corrected chi connectivity index (χ0v) is 37.2. The molecule has 0 fully saturated rings. The average molecular weight is 961 g/mol. The van der Waals surface area contributed by atoms with E-state index in [0.29, 0.717) is 0 Å². The van der Waals surface area contributed by atoms with E-state index in [2.05, 4.69) is 55.6 Å². The van der Waals surface area contributed by atoms with Crippen LogP contribution in [0.15, 0.2) is 0 Å². The van der Waals surface area contributed by atoms with Crippen LogP contribution in [0.4, 0.5) is 52.7 Å².